The van der Waals surface area contributed by atoms with E-state index in [1.54, 1.807) is 0 Å². The molecule has 0 fully saturated rings. The standard InChI is InChI=1S/C15H24N2O/c1-6-12-7-9-13(10-8-12)14(18)17-16-11(2)15(3,4)5/h7-11,16H,6H2,1-5H3,(H,17,18). The monoisotopic (exact) mass is 248 g/mol. The molecule has 0 saturated carbocycles. The summed E-state index contributed by atoms with van der Waals surface area (Å²) in [6.07, 6.45) is 0.987. The van der Waals surface area contributed by atoms with Crippen LogP contribution in [0.1, 0.15) is 50.5 Å². The molecule has 1 atom stereocenters. The Hall–Kier alpha value is -1.35. The van der Waals surface area contributed by atoms with Crippen molar-refractivity contribution in [2.24, 2.45) is 5.41 Å². The van der Waals surface area contributed by atoms with Crippen LogP contribution in [0.4, 0.5) is 0 Å². The summed E-state index contributed by atoms with van der Waals surface area (Å²) >= 11 is 0. The third-order valence-corrected chi connectivity index (χ3v) is 3.33. The average molecular weight is 248 g/mol. The zero-order valence-electron chi connectivity index (χ0n) is 12.0. The Labute approximate surface area is 110 Å². The molecule has 0 aromatic heterocycles. The fraction of sp³-hybridized carbons (Fsp3) is 0.533. The quantitative estimate of drug-likeness (QED) is 0.804. The number of benzene rings is 1. The molecular weight excluding hydrogens is 224 g/mol. The molecule has 0 aliphatic rings. The van der Waals surface area contributed by atoms with Crippen molar-refractivity contribution in [2.45, 2.75) is 47.1 Å². The van der Waals surface area contributed by atoms with Gasteiger partial charge in [0.25, 0.3) is 5.91 Å². The molecule has 3 nitrogen and oxygen atoms in total. The van der Waals surface area contributed by atoms with Crippen molar-refractivity contribution in [3.63, 3.8) is 0 Å². The van der Waals surface area contributed by atoms with E-state index in [1.807, 2.05) is 24.3 Å². The van der Waals surface area contributed by atoms with Crippen molar-refractivity contribution in [3.8, 4) is 0 Å². The number of carbonyl (C=O) groups is 1. The van der Waals surface area contributed by atoms with Crippen LogP contribution in [0.15, 0.2) is 24.3 Å². The van der Waals surface area contributed by atoms with E-state index in [9.17, 15) is 4.79 Å². The fourth-order valence-electron chi connectivity index (χ4n) is 1.35. The Balaban J connectivity index is 2.55. The molecule has 100 valence electrons. The van der Waals surface area contributed by atoms with Gasteiger partial charge in [-0.05, 0) is 36.5 Å². The molecule has 1 amide bonds. The third kappa shape index (κ3) is 4.15. The van der Waals surface area contributed by atoms with E-state index in [0.717, 1.165) is 6.42 Å². The second-order valence-corrected chi connectivity index (χ2v) is 5.74. The molecule has 1 aromatic carbocycles. The summed E-state index contributed by atoms with van der Waals surface area (Å²) in [5.41, 5.74) is 7.83. The molecule has 0 aliphatic carbocycles. The third-order valence-electron chi connectivity index (χ3n) is 3.33. The number of hydrogen-bond donors (Lipinski definition) is 2. The first-order chi connectivity index (χ1) is 8.34. The van der Waals surface area contributed by atoms with E-state index in [0.29, 0.717) is 5.56 Å². The highest BCUT2D eigenvalue weighted by molar-refractivity contribution is 5.93. The van der Waals surface area contributed by atoms with Gasteiger partial charge in [0, 0.05) is 11.6 Å². The predicted octanol–water partition coefficient (Wildman–Crippen LogP) is 2.92. The van der Waals surface area contributed by atoms with Crippen LogP contribution >= 0.6 is 0 Å². The molecule has 1 unspecified atom stereocenters. The van der Waals surface area contributed by atoms with E-state index >= 15 is 0 Å². The summed E-state index contributed by atoms with van der Waals surface area (Å²) in [4.78, 5) is 11.9. The lowest BCUT2D eigenvalue weighted by Crippen LogP contribution is -2.48. The van der Waals surface area contributed by atoms with Gasteiger partial charge in [-0.15, -0.1) is 0 Å². The Bertz CT molecular complexity index is 390. The van der Waals surface area contributed by atoms with E-state index < -0.39 is 0 Å². The van der Waals surface area contributed by atoms with Crippen molar-refractivity contribution in [1.29, 1.82) is 0 Å². The van der Waals surface area contributed by atoms with Crippen LogP contribution in [-0.2, 0) is 6.42 Å². The van der Waals surface area contributed by atoms with Gasteiger partial charge >= 0.3 is 0 Å². The zero-order chi connectivity index (χ0) is 13.8. The van der Waals surface area contributed by atoms with Gasteiger partial charge in [0.1, 0.15) is 0 Å². The van der Waals surface area contributed by atoms with Crippen LogP contribution in [0.5, 0.6) is 0 Å². The lowest BCUT2D eigenvalue weighted by atomic mass is 9.89. The second kappa shape index (κ2) is 6.01. The molecule has 1 rings (SSSR count). The van der Waals surface area contributed by atoms with Crippen LogP contribution in [0.2, 0.25) is 0 Å². The molecule has 0 saturated heterocycles. The number of hydrogen-bond acceptors (Lipinski definition) is 2. The molecule has 0 aliphatic heterocycles. The first-order valence-electron chi connectivity index (χ1n) is 6.49. The van der Waals surface area contributed by atoms with Gasteiger partial charge in [-0.3, -0.25) is 10.2 Å². The van der Waals surface area contributed by atoms with Crippen LogP contribution < -0.4 is 10.9 Å². The Morgan fingerprint density at radius 3 is 2.22 bits per heavy atom. The van der Waals surface area contributed by atoms with E-state index in [4.69, 9.17) is 0 Å². The number of rotatable bonds is 4. The van der Waals surface area contributed by atoms with Crippen LogP contribution in [0.25, 0.3) is 0 Å². The van der Waals surface area contributed by atoms with Gasteiger partial charge in [0.2, 0.25) is 0 Å². The predicted molar refractivity (Wildman–Crippen MR) is 75.3 cm³/mol. The van der Waals surface area contributed by atoms with Crippen LogP contribution in [0.3, 0.4) is 0 Å². The largest absolute Gasteiger partial charge is 0.287 e. The van der Waals surface area contributed by atoms with E-state index in [2.05, 4.69) is 45.5 Å². The normalized spacial score (nSPS) is 13.2. The molecule has 18 heavy (non-hydrogen) atoms. The highest BCUT2D eigenvalue weighted by Gasteiger charge is 2.20. The lowest BCUT2D eigenvalue weighted by Gasteiger charge is -2.28. The van der Waals surface area contributed by atoms with Gasteiger partial charge in [-0.1, -0.05) is 39.8 Å². The van der Waals surface area contributed by atoms with E-state index in [1.165, 1.54) is 5.56 Å². The fourth-order valence-corrected chi connectivity index (χ4v) is 1.35. The molecular formula is C15H24N2O. The van der Waals surface area contributed by atoms with Gasteiger partial charge in [0.15, 0.2) is 0 Å². The maximum absolute atomic E-state index is 11.9. The first-order valence-corrected chi connectivity index (χ1v) is 6.49. The maximum Gasteiger partial charge on any atom is 0.265 e. The molecule has 0 heterocycles. The van der Waals surface area contributed by atoms with Gasteiger partial charge in [0.05, 0.1) is 0 Å². The SMILES string of the molecule is CCc1ccc(C(=O)NNC(C)C(C)(C)C)cc1. The first kappa shape index (κ1) is 14.7. The molecule has 1 aromatic rings. The number of nitrogens with one attached hydrogen (secondary N) is 2. The molecule has 0 radical (unpaired) electrons. The van der Waals surface area contributed by atoms with Crippen molar-refractivity contribution < 1.29 is 4.79 Å². The van der Waals surface area contributed by atoms with Crippen molar-refractivity contribution >= 4 is 5.91 Å². The van der Waals surface area contributed by atoms with Crippen LogP contribution in [-0.4, -0.2) is 11.9 Å². The summed E-state index contributed by atoms with van der Waals surface area (Å²) in [6, 6.07) is 7.90. The molecule has 0 spiro atoms. The minimum atomic E-state index is -0.0891. The van der Waals surface area contributed by atoms with Gasteiger partial charge in [-0.2, -0.15) is 0 Å². The number of amides is 1. The summed E-state index contributed by atoms with van der Waals surface area (Å²) in [5, 5.41) is 0. The van der Waals surface area contributed by atoms with Gasteiger partial charge < -0.3 is 0 Å². The minimum Gasteiger partial charge on any atom is -0.287 e. The highest BCUT2D eigenvalue weighted by Crippen LogP contribution is 2.17. The molecule has 2 N–H and O–H groups in total. The van der Waals surface area contributed by atoms with Gasteiger partial charge in [-0.25, -0.2) is 5.43 Å². The summed E-state index contributed by atoms with van der Waals surface area (Å²) < 4.78 is 0. The number of aryl methyl sites for hydroxylation is 1. The van der Waals surface area contributed by atoms with E-state index in [-0.39, 0.29) is 17.4 Å². The Morgan fingerprint density at radius 2 is 1.78 bits per heavy atom. The molecule has 0 bridgehead atoms. The topological polar surface area (TPSA) is 41.1 Å². The second-order valence-electron chi connectivity index (χ2n) is 5.74. The minimum absolute atomic E-state index is 0.0891. The Morgan fingerprint density at radius 1 is 1.22 bits per heavy atom. The summed E-state index contributed by atoms with van der Waals surface area (Å²) in [6.45, 7) is 10.6. The maximum atomic E-state index is 11.9. The number of carbonyl (C=O) groups excluding carboxylic acids is 1. The van der Waals surface area contributed by atoms with Crippen molar-refractivity contribution in [3.05, 3.63) is 35.4 Å². The Kier molecular flexibility index (Phi) is 4.91. The van der Waals surface area contributed by atoms with Crippen molar-refractivity contribution in [2.75, 3.05) is 0 Å². The summed E-state index contributed by atoms with van der Waals surface area (Å²) in [7, 11) is 0. The van der Waals surface area contributed by atoms with Crippen molar-refractivity contribution in [1.82, 2.24) is 10.9 Å². The molecule has 3 heteroatoms. The van der Waals surface area contributed by atoms with Crippen LogP contribution in [0, 0.1) is 5.41 Å². The number of hydrazine groups is 1. The highest BCUT2D eigenvalue weighted by atomic mass is 16.2. The summed E-state index contributed by atoms with van der Waals surface area (Å²) in [5.74, 6) is -0.0891. The lowest BCUT2D eigenvalue weighted by molar-refractivity contribution is 0.0911. The zero-order valence-corrected chi connectivity index (χ0v) is 12.0. The average Bonchev–Trinajstić information content (AvgIpc) is 2.34. The smallest absolute Gasteiger partial charge is 0.265 e.